The Morgan fingerprint density at radius 1 is 0.148 bits per heavy atom. The molecule has 0 saturated carbocycles. The summed E-state index contributed by atoms with van der Waals surface area (Å²) in [5, 5.41) is 2.22. The first-order valence-electron chi connectivity index (χ1n) is 41.4. The summed E-state index contributed by atoms with van der Waals surface area (Å²) in [6, 6.07) is 163. The highest BCUT2D eigenvalue weighted by molar-refractivity contribution is 7.26. The van der Waals surface area contributed by atoms with E-state index in [0.29, 0.717) is 11.6 Å². The number of fused-ring (bicyclic) bond motifs is 6. The molecule has 6 heteroatoms. The molecule has 0 bridgehead atoms. The molecule has 4 heterocycles. The van der Waals surface area contributed by atoms with Crippen molar-refractivity contribution in [3.8, 4) is 190 Å². The van der Waals surface area contributed by atoms with E-state index in [1.165, 1.54) is 32.5 Å². The Hall–Kier alpha value is -15.4. The van der Waals surface area contributed by atoms with Gasteiger partial charge in [-0.15, -0.1) is 22.7 Å². The first-order chi connectivity index (χ1) is 60.4. The van der Waals surface area contributed by atoms with Gasteiger partial charge in [-0.2, -0.15) is 0 Å². The molecule has 0 N–H and O–H groups in total. The fourth-order valence-electron chi connectivity index (χ4n) is 17.5. The monoisotopic (exact) mass is 1590 g/mol. The van der Waals surface area contributed by atoms with E-state index in [4.69, 9.17) is 19.9 Å². The lowest BCUT2D eigenvalue weighted by Gasteiger charge is -2.25. The maximum atomic E-state index is 5.66. The fraction of sp³-hybridized carbons (Fsp3) is 0. The van der Waals surface area contributed by atoms with Crippen LogP contribution in [0, 0.1) is 0 Å². The third kappa shape index (κ3) is 14.0. The van der Waals surface area contributed by atoms with Gasteiger partial charge in [0.1, 0.15) is 0 Å². The molecule has 0 unspecified atom stereocenters. The largest absolute Gasteiger partial charge is 0.226 e. The number of hydrogen-bond donors (Lipinski definition) is 0. The first kappa shape index (κ1) is 73.0. The standard InChI is InChI=1S/C116H74N4S2/c1-8-30-75(31-9-1)85-45-27-53-94(67-85)110-114-112(120-116(118-110)96-55-28-49-89(68-96)86-46-24-44-84(64-86)78-58-60-79(61-59-78)99-71-97(76-32-10-2-11-33-76)70-98(72-99)77-34-12-3-13-35-77)101-63-62-91(73-105(101)122-114)88-48-26-52-93(66-88)108-106(81-38-16-5-17-39-81)102(80-36-14-4-15-37-80)74-103(107(108)82-40-18-6-19-41-82)92-51-25-47-87(65-92)90-50-29-54-95(69-90)115-117-109(83-42-20-7-21-43-83)113-111(119-115)100-56-22-23-57-104(100)121-113/h1-74H. The number of nitrogens with zero attached hydrogens (tertiary/aromatic N) is 4. The van der Waals surface area contributed by atoms with Gasteiger partial charge < -0.3 is 0 Å². The molecule has 0 aliphatic carbocycles. The second kappa shape index (κ2) is 31.8. The van der Waals surface area contributed by atoms with Gasteiger partial charge in [0.2, 0.25) is 0 Å². The zero-order valence-corrected chi connectivity index (χ0v) is 68.0. The van der Waals surface area contributed by atoms with Crippen molar-refractivity contribution >= 4 is 63.3 Å². The summed E-state index contributed by atoms with van der Waals surface area (Å²) >= 11 is 3.52. The summed E-state index contributed by atoms with van der Waals surface area (Å²) in [5.74, 6) is 1.36. The lowest BCUT2D eigenvalue weighted by molar-refractivity contribution is 1.24. The number of rotatable bonds is 17. The highest BCUT2D eigenvalue weighted by Gasteiger charge is 2.27. The molecule has 0 fully saturated rings. The van der Waals surface area contributed by atoms with Gasteiger partial charge in [0.15, 0.2) is 11.6 Å². The summed E-state index contributed by atoms with van der Waals surface area (Å²) in [7, 11) is 0. The molecule has 22 rings (SSSR count). The van der Waals surface area contributed by atoms with Crippen molar-refractivity contribution in [1.29, 1.82) is 0 Å². The minimum Gasteiger partial charge on any atom is -0.226 e. The van der Waals surface area contributed by atoms with Gasteiger partial charge in [0.25, 0.3) is 0 Å². The van der Waals surface area contributed by atoms with Crippen LogP contribution in [0.1, 0.15) is 0 Å². The third-order valence-corrected chi connectivity index (χ3v) is 25.8. The summed E-state index contributed by atoms with van der Waals surface area (Å²) in [5.41, 5.74) is 37.2. The lowest BCUT2D eigenvalue weighted by Crippen LogP contribution is -1.98. The normalized spacial score (nSPS) is 11.4. The van der Waals surface area contributed by atoms with Crippen LogP contribution in [0.2, 0.25) is 0 Å². The molecular weight excluding hydrogens is 1510 g/mol. The molecule has 0 radical (unpaired) electrons. The van der Waals surface area contributed by atoms with Crippen molar-refractivity contribution in [1.82, 2.24) is 19.9 Å². The van der Waals surface area contributed by atoms with Crippen molar-refractivity contribution in [2.45, 2.75) is 0 Å². The molecule has 4 nitrogen and oxygen atoms in total. The molecule has 0 saturated heterocycles. The first-order valence-corrected chi connectivity index (χ1v) is 43.0. The molecule has 122 heavy (non-hydrogen) atoms. The second-order valence-electron chi connectivity index (χ2n) is 31.1. The molecule has 0 atom stereocenters. The molecule has 18 aromatic carbocycles. The summed E-state index contributed by atoms with van der Waals surface area (Å²) in [6.07, 6.45) is 0. The number of benzene rings is 18. The van der Waals surface area contributed by atoms with Crippen LogP contribution >= 0.6 is 22.7 Å². The Morgan fingerprint density at radius 2 is 0.426 bits per heavy atom. The van der Waals surface area contributed by atoms with Crippen molar-refractivity contribution in [2.24, 2.45) is 0 Å². The van der Waals surface area contributed by atoms with E-state index in [-0.39, 0.29) is 0 Å². The number of aromatic nitrogens is 4. The van der Waals surface area contributed by atoms with Crippen molar-refractivity contribution in [2.75, 3.05) is 0 Å². The van der Waals surface area contributed by atoms with Crippen LogP contribution in [0.15, 0.2) is 449 Å². The lowest BCUT2D eigenvalue weighted by atomic mass is 9.78. The van der Waals surface area contributed by atoms with Gasteiger partial charge in [-0.3, -0.25) is 0 Å². The van der Waals surface area contributed by atoms with Gasteiger partial charge in [0.05, 0.1) is 31.8 Å². The highest BCUT2D eigenvalue weighted by atomic mass is 32.1. The van der Waals surface area contributed by atoms with Gasteiger partial charge in [0, 0.05) is 42.4 Å². The van der Waals surface area contributed by atoms with E-state index in [0.717, 1.165) is 186 Å². The Bertz CT molecular complexity index is 7640. The average Bonchev–Trinajstić information content (AvgIpc) is 0.753. The highest BCUT2D eigenvalue weighted by Crippen LogP contribution is 2.53. The Morgan fingerprint density at radius 3 is 0.910 bits per heavy atom. The van der Waals surface area contributed by atoms with E-state index >= 15 is 0 Å². The molecule has 4 aromatic heterocycles. The summed E-state index contributed by atoms with van der Waals surface area (Å²) in [4.78, 5) is 22.1. The summed E-state index contributed by atoms with van der Waals surface area (Å²) in [6.45, 7) is 0. The molecule has 0 aliphatic heterocycles. The fourth-order valence-corrected chi connectivity index (χ4v) is 19.9. The van der Waals surface area contributed by atoms with E-state index in [2.05, 4.69) is 449 Å². The minimum atomic E-state index is 0.667. The molecule has 0 aliphatic rings. The van der Waals surface area contributed by atoms with Crippen LogP contribution in [-0.2, 0) is 0 Å². The minimum absolute atomic E-state index is 0.667. The molecule has 0 amide bonds. The summed E-state index contributed by atoms with van der Waals surface area (Å²) < 4.78 is 4.44. The van der Waals surface area contributed by atoms with Gasteiger partial charge in [-0.1, -0.05) is 376 Å². The van der Waals surface area contributed by atoms with Crippen LogP contribution in [0.4, 0.5) is 0 Å². The molecular formula is C116H74N4S2. The number of thiophene rings is 2. The van der Waals surface area contributed by atoms with Crippen LogP contribution < -0.4 is 0 Å². The van der Waals surface area contributed by atoms with Crippen LogP contribution in [0.5, 0.6) is 0 Å². The zero-order chi connectivity index (χ0) is 80.8. The van der Waals surface area contributed by atoms with E-state index in [1.54, 1.807) is 22.7 Å². The third-order valence-electron chi connectivity index (χ3n) is 23.5. The Kier molecular flexibility index (Phi) is 19.0. The van der Waals surface area contributed by atoms with Crippen LogP contribution in [-0.4, -0.2) is 19.9 Å². The molecule has 570 valence electrons. The zero-order valence-electron chi connectivity index (χ0n) is 66.3. The van der Waals surface area contributed by atoms with Crippen molar-refractivity contribution in [3.05, 3.63) is 449 Å². The predicted molar refractivity (Wildman–Crippen MR) is 516 cm³/mol. The Labute approximate surface area is 716 Å². The van der Waals surface area contributed by atoms with Gasteiger partial charge in [-0.05, 0) is 217 Å². The predicted octanol–water partition coefficient (Wildman–Crippen LogP) is 32.3. The van der Waals surface area contributed by atoms with E-state index in [1.807, 2.05) is 0 Å². The maximum Gasteiger partial charge on any atom is 0.160 e. The average molecular weight is 1590 g/mol. The topological polar surface area (TPSA) is 51.6 Å². The van der Waals surface area contributed by atoms with E-state index < -0.39 is 0 Å². The van der Waals surface area contributed by atoms with Gasteiger partial charge in [-0.25, -0.2) is 19.9 Å². The maximum absolute atomic E-state index is 5.66. The van der Waals surface area contributed by atoms with Crippen molar-refractivity contribution < 1.29 is 0 Å². The Balaban J connectivity index is 0.650. The van der Waals surface area contributed by atoms with Crippen LogP contribution in [0.25, 0.3) is 231 Å². The van der Waals surface area contributed by atoms with E-state index in [9.17, 15) is 0 Å². The molecule has 0 spiro atoms. The number of hydrogen-bond acceptors (Lipinski definition) is 6. The molecule has 22 aromatic rings. The van der Waals surface area contributed by atoms with Gasteiger partial charge >= 0.3 is 0 Å². The van der Waals surface area contributed by atoms with Crippen molar-refractivity contribution in [3.63, 3.8) is 0 Å². The smallest absolute Gasteiger partial charge is 0.160 e. The second-order valence-corrected chi connectivity index (χ2v) is 33.2. The van der Waals surface area contributed by atoms with Crippen LogP contribution in [0.3, 0.4) is 0 Å². The SMILES string of the molecule is c1ccc(-c2cc(-c3ccccc3)cc(-c3ccc(-c4cccc(-c5cccc(-c6nc(-c7cccc(-c8ccccc8)c7)c7sc8cc(-c9cccc(-c%10c(-c%11ccccc%11)c(-c%11ccccc%11)cc(-c%11cccc(-c%12cccc(-c%13nc(-c%14ccccc%14)c%14sc%15ccccc%15c%14n%13)c%12)c%11)c%10-c%10ccccc%10)c9)ccc8c7n6)c5)c4)cc3)c2)cc1. The quantitative estimate of drug-likeness (QED) is 0.0912.